The molecular formula is C27H24Cl2F2N2O. The maximum Gasteiger partial charge on any atom is 0.228 e. The first kappa shape index (κ1) is 23.3. The van der Waals surface area contributed by atoms with Crippen LogP contribution in [-0.4, -0.2) is 29.9 Å². The molecule has 0 bridgehead atoms. The Morgan fingerprint density at radius 2 is 1.32 bits per heavy atom. The maximum absolute atomic E-state index is 14.0. The number of rotatable bonds is 7. The Balaban J connectivity index is 1.42. The summed E-state index contributed by atoms with van der Waals surface area (Å²) in [7, 11) is 0. The molecule has 2 aliphatic rings. The topological polar surface area (TPSA) is 32.3 Å². The predicted octanol–water partition coefficient (Wildman–Crippen LogP) is 6.36. The molecule has 1 saturated carbocycles. The van der Waals surface area contributed by atoms with Crippen molar-refractivity contribution in [2.45, 2.75) is 30.8 Å². The summed E-state index contributed by atoms with van der Waals surface area (Å²) in [5.74, 6) is -2.18. The van der Waals surface area contributed by atoms with E-state index in [0.29, 0.717) is 28.7 Å². The van der Waals surface area contributed by atoms with Crippen molar-refractivity contribution in [1.29, 1.82) is 0 Å². The molecule has 1 aliphatic heterocycles. The van der Waals surface area contributed by atoms with E-state index >= 15 is 0 Å². The number of halogens is 4. The van der Waals surface area contributed by atoms with Gasteiger partial charge in [0.05, 0.1) is 12.0 Å². The summed E-state index contributed by atoms with van der Waals surface area (Å²) in [4.78, 5) is 15.4. The van der Waals surface area contributed by atoms with Crippen LogP contribution in [0, 0.1) is 17.6 Å². The van der Waals surface area contributed by atoms with E-state index in [1.165, 1.54) is 12.1 Å². The molecule has 1 N–H and O–H groups in total. The number of likely N-dealkylation sites (tertiary alicyclic amines) is 1. The highest BCUT2D eigenvalue weighted by molar-refractivity contribution is 6.30. The van der Waals surface area contributed by atoms with Gasteiger partial charge in [-0.05, 0) is 65.9 Å². The van der Waals surface area contributed by atoms with Crippen LogP contribution in [0.2, 0.25) is 10.0 Å². The van der Waals surface area contributed by atoms with Gasteiger partial charge in [-0.25, -0.2) is 8.78 Å². The fourth-order valence-electron chi connectivity index (χ4n) is 4.79. The van der Waals surface area contributed by atoms with Crippen LogP contribution in [-0.2, 0) is 4.79 Å². The zero-order valence-electron chi connectivity index (χ0n) is 18.4. The molecule has 5 rings (SSSR count). The Bertz CT molecular complexity index is 1110. The van der Waals surface area contributed by atoms with Crippen LogP contribution >= 0.6 is 23.2 Å². The van der Waals surface area contributed by atoms with Gasteiger partial charge in [0.1, 0.15) is 11.6 Å². The molecule has 2 fully saturated rings. The summed E-state index contributed by atoms with van der Waals surface area (Å²) in [6.45, 7) is 1.22. The molecule has 3 nitrogen and oxygen atoms in total. The first-order valence-corrected chi connectivity index (χ1v) is 12.1. The van der Waals surface area contributed by atoms with Crippen molar-refractivity contribution in [2.75, 3.05) is 13.1 Å². The van der Waals surface area contributed by atoms with Crippen LogP contribution in [0.25, 0.3) is 0 Å². The second-order valence-corrected chi connectivity index (χ2v) is 10.1. The fourth-order valence-corrected chi connectivity index (χ4v) is 5.04. The summed E-state index contributed by atoms with van der Waals surface area (Å²) in [6, 6.07) is 18.9. The van der Waals surface area contributed by atoms with Gasteiger partial charge in [0.2, 0.25) is 5.91 Å². The third-order valence-electron chi connectivity index (χ3n) is 6.60. The largest absolute Gasteiger partial charge is 0.353 e. The second-order valence-electron chi connectivity index (χ2n) is 9.18. The van der Waals surface area contributed by atoms with E-state index in [-0.39, 0.29) is 23.9 Å². The zero-order chi connectivity index (χ0) is 23.8. The van der Waals surface area contributed by atoms with Gasteiger partial charge in [-0.2, -0.15) is 0 Å². The zero-order valence-corrected chi connectivity index (χ0v) is 19.9. The van der Waals surface area contributed by atoms with Crippen LogP contribution in [0.1, 0.15) is 41.5 Å². The molecule has 176 valence electrons. The smallest absolute Gasteiger partial charge is 0.228 e. The monoisotopic (exact) mass is 500 g/mol. The number of carbonyl (C=O) groups is 1. The Hall–Kier alpha value is -2.47. The normalized spacial score (nSPS) is 17.4. The minimum absolute atomic E-state index is 0.0535. The van der Waals surface area contributed by atoms with E-state index in [9.17, 15) is 13.6 Å². The van der Waals surface area contributed by atoms with Gasteiger partial charge < -0.3 is 5.32 Å². The summed E-state index contributed by atoms with van der Waals surface area (Å²) in [5.41, 5.74) is 2.52. The molecule has 0 radical (unpaired) electrons. The van der Waals surface area contributed by atoms with Crippen molar-refractivity contribution < 1.29 is 13.6 Å². The van der Waals surface area contributed by atoms with Crippen molar-refractivity contribution in [1.82, 2.24) is 10.2 Å². The van der Waals surface area contributed by atoms with Crippen molar-refractivity contribution in [3.05, 3.63) is 105 Å². The van der Waals surface area contributed by atoms with Gasteiger partial charge in [0.25, 0.3) is 0 Å². The number of hydrogen-bond donors (Lipinski definition) is 1. The lowest BCUT2D eigenvalue weighted by molar-refractivity contribution is -0.126. The van der Waals surface area contributed by atoms with E-state index in [2.05, 4.69) is 10.2 Å². The van der Waals surface area contributed by atoms with Crippen molar-refractivity contribution in [2.24, 2.45) is 5.92 Å². The first-order valence-electron chi connectivity index (χ1n) is 11.4. The quantitative estimate of drug-likeness (QED) is 0.409. The minimum atomic E-state index is -0.671. The molecule has 3 aromatic carbocycles. The Labute approximate surface area is 207 Å². The molecule has 0 aromatic heterocycles. The van der Waals surface area contributed by atoms with E-state index in [0.717, 1.165) is 30.0 Å². The van der Waals surface area contributed by atoms with Gasteiger partial charge in [-0.1, -0.05) is 47.5 Å². The summed E-state index contributed by atoms with van der Waals surface area (Å²) in [6.07, 6.45) is 1.89. The summed E-state index contributed by atoms with van der Waals surface area (Å²) in [5, 5.41) is 4.34. The number of carbonyl (C=O) groups excluding carboxylic acids is 1. The Morgan fingerprint density at radius 1 is 0.824 bits per heavy atom. The molecule has 0 spiro atoms. The van der Waals surface area contributed by atoms with Gasteiger partial charge in [0, 0.05) is 41.2 Å². The highest BCUT2D eigenvalue weighted by Gasteiger charge is 2.43. The van der Waals surface area contributed by atoms with Crippen LogP contribution in [0.3, 0.4) is 0 Å². The van der Waals surface area contributed by atoms with Crippen LogP contribution in [0.5, 0.6) is 0 Å². The molecule has 1 aliphatic carbocycles. The lowest BCUT2D eigenvalue weighted by atomic mass is 9.78. The molecule has 3 aromatic rings. The van der Waals surface area contributed by atoms with Crippen LogP contribution in [0.15, 0.2) is 66.7 Å². The lowest BCUT2D eigenvalue weighted by Crippen LogP contribution is -2.53. The third kappa shape index (κ3) is 5.12. The molecule has 1 atom stereocenters. The van der Waals surface area contributed by atoms with E-state index in [4.69, 9.17) is 23.2 Å². The number of benzene rings is 3. The molecule has 34 heavy (non-hydrogen) atoms. The van der Waals surface area contributed by atoms with Crippen molar-refractivity contribution in [3.63, 3.8) is 0 Å². The van der Waals surface area contributed by atoms with E-state index in [1.54, 1.807) is 0 Å². The maximum atomic E-state index is 14.0. The second kappa shape index (κ2) is 9.65. The first-order chi connectivity index (χ1) is 16.4. The van der Waals surface area contributed by atoms with Gasteiger partial charge >= 0.3 is 0 Å². The fraction of sp³-hybridized carbons (Fsp3) is 0.296. The summed E-state index contributed by atoms with van der Waals surface area (Å²) < 4.78 is 28.0. The molecule has 1 amide bonds. The predicted molar refractivity (Wildman–Crippen MR) is 130 cm³/mol. The number of hydrogen-bond acceptors (Lipinski definition) is 2. The van der Waals surface area contributed by atoms with E-state index < -0.39 is 17.6 Å². The van der Waals surface area contributed by atoms with Gasteiger partial charge in [-0.15, -0.1) is 0 Å². The number of nitrogens with one attached hydrogen (secondary N) is 1. The minimum Gasteiger partial charge on any atom is -0.353 e. The van der Waals surface area contributed by atoms with E-state index in [1.807, 2.05) is 48.5 Å². The molecular weight excluding hydrogens is 477 g/mol. The molecule has 1 saturated heterocycles. The highest BCUT2D eigenvalue weighted by atomic mass is 35.5. The highest BCUT2D eigenvalue weighted by Crippen LogP contribution is 2.41. The van der Waals surface area contributed by atoms with Crippen LogP contribution < -0.4 is 5.32 Å². The van der Waals surface area contributed by atoms with Gasteiger partial charge in [-0.3, -0.25) is 9.69 Å². The molecule has 7 heteroatoms. The third-order valence-corrected chi connectivity index (χ3v) is 7.10. The number of nitrogens with zero attached hydrogens (tertiary/aromatic N) is 1. The Morgan fingerprint density at radius 3 is 1.79 bits per heavy atom. The summed E-state index contributed by atoms with van der Waals surface area (Å²) >= 11 is 12.2. The standard InChI is InChI=1S/C27H24Cl2F2N2O/c28-20-5-1-16(2-6-20)26(17-3-7-21(29)8-4-17)33-14-19(15-33)25(27(34)32-24-9-10-24)18-11-22(30)13-23(31)12-18/h1-8,11-13,19,24-26H,9-10,14-15H2,(H,32,34)/t25-/m1/s1. The van der Waals surface area contributed by atoms with Crippen LogP contribution in [0.4, 0.5) is 8.78 Å². The molecule has 0 unspecified atom stereocenters. The Kier molecular flexibility index (Phi) is 6.61. The van der Waals surface area contributed by atoms with Crippen molar-refractivity contribution >= 4 is 29.1 Å². The average Bonchev–Trinajstić information content (AvgIpc) is 3.57. The van der Waals surface area contributed by atoms with Gasteiger partial charge in [0.15, 0.2) is 0 Å². The SMILES string of the molecule is O=C(NC1CC1)[C@H](c1cc(F)cc(F)c1)C1CN(C(c2ccc(Cl)cc2)c2ccc(Cl)cc2)C1. The van der Waals surface area contributed by atoms with Crippen molar-refractivity contribution in [3.8, 4) is 0 Å². The number of amides is 1. The molecule has 1 heterocycles. The lowest BCUT2D eigenvalue weighted by Gasteiger charge is -2.47. The average molecular weight is 501 g/mol.